The SMILES string of the molecule is NC(=O)CNC(=O)[C@H]1CCN1. The lowest BCUT2D eigenvalue weighted by atomic mass is 10.1. The van der Waals surface area contributed by atoms with E-state index in [2.05, 4.69) is 10.6 Å². The predicted octanol–water partition coefficient (Wildman–Crippen LogP) is -2.05. The fourth-order valence-corrected chi connectivity index (χ4v) is 0.810. The molecule has 4 N–H and O–H groups in total. The van der Waals surface area contributed by atoms with Crippen molar-refractivity contribution < 1.29 is 9.59 Å². The number of primary amides is 1. The van der Waals surface area contributed by atoms with Crippen molar-refractivity contribution in [1.82, 2.24) is 10.6 Å². The standard InChI is InChI=1S/C6H11N3O2/c7-5(10)3-9-6(11)4-1-2-8-4/h4,8H,1-3H2,(H2,7,10)(H,9,11)/t4-/m1/s1. The molecule has 62 valence electrons. The Morgan fingerprint density at radius 1 is 1.64 bits per heavy atom. The van der Waals surface area contributed by atoms with Gasteiger partial charge in [0, 0.05) is 0 Å². The number of carbonyl (C=O) groups excluding carboxylic acids is 2. The molecule has 5 nitrogen and oxygen atoms in total. The van der Waals surface area contributed by atoms with Crippen LogP contribution in [0.3, 0.4) is 0 Å². The van der Waals surface area contributed by atoms with Gasteiger partial charge in [-0.15, -0.1) is 0 Å². The maximum atomic E-state index is 10.9. The summed E-state index contributed by atoms with van der Waals surface area (Å²) in [4.78, 5) is 21.2. The smallest absolute Gasteiger partial charge is 0.237 e. The van der Waals surface area contributed by atoms with E-state index in [1.54, 1.807) is 0 Å². The number of rotatable bonds is 3. The van der Waals surface area contributed by atoms with Gasteiger partial charge in [-0.2, -0.15) is 0 Å². The molecule has 1 saturated heterocycles. The Kier molecular flexibility index (Phi) is 2.43. The lowest BCUT2D eigenvalue weighted by Gasteiger charge is -2.25. The summed E-state index contributed by atoms with van der Waals surface area (Å²) in [6.45, 7) is 0.797. The van der Waals surface area contributed by atoms with E-state index >= 15 is 0 Å². The Balaban J connectivity index is 2.15. The number of nitrogens with one attached hydrogen (secondary N) is 2. The third kappa shape index (κ3) is 2.19. The Labute approximate surface area is 64.3 Å². The van der Waals surface area contributed by atoms with Gasteiger partial charge in [-0.05, 0) is 13.0 Å². The first-order valence-electron chi connectivity index (χ1n) is 3.49. The van der Waals surface area contributed by atoms with Gasteiger partial charge < -0.3 is 16.4 Å². The zero-order chi connectivity index (χ0) is 8.27. The molecule has 1 aliphatic rings. The van der Waals surface area contributed by atoms with Crippen LogP contribution in [0.15, 0.2) is 0 Å². The Morgan fingerprint density at radius 2 is 2.27 bits per heavy atom. The van der Waals surface area contributed by atoms with Crippen molar-refractivity contribution in [3.8, 4) is 0 Å². The summed E-state index contributed by atoms with van der Waals surface area (Å²) in [5.74, 6) is -0.660. The molecule has 0 aromatic carbocycles. The summed E-state index contributed by atoms with van der Waals surface area (Å²) in [5.41, 5.74) is 4.83. The van der Waals surface area contributed by atoms with E-state index in [9.17, 15) is 9.59 Å². The Morgan fingerprint density at radius 3 is 2.64 bits per heavy atom. The van der Waals surface area contributed by atoms with Crippen LogP contribution >= 0.6 is 0 Å². The molecular weight excluding hydrogens is 146 g/mol. The first-order chi connectivity index (χ1) is 5.20. The monoisotopic (exact) mass is 157 g/mol. The Bertz CT molecular complexity index is 177. The van der Waals surface area contributed by atoms with Crippen LogP contribution in [0.5, 0.6) is 0 Å². The van der Waals surface area contributed by atoms with Crippen LogP contribution in [-0.4, -0.2) is 30.9 Å². The fourth-order valence-electron chi connectivity index (χ4n) is 0.810. The zero-order valence-corrected chi connectivity index (χ0v) is 6.09. The highest BCUT2D eigenvalue weighted by atomic mass is 16.2. The van der Waals surface area contributed by atoms with E-state index < -0.39 is 5.91 Å². The van der Waals surface area contributed by atoms with Gasteiger partial charge in [-0.25, -0.2) is 0 Å². The van der Waals surface area contributed by atoms with Crippen LogP contribution in [0.4, 0.5) is 0 Å². The summed E-state index contributed by atoms with van der Waals surface area (Å²) in [5, 5.41) is 5.31. The molecule has 0 aromatic rings. The topological polar surface area (TPSA) is 84.2 Å². The first kappa shape index (κ1) is 8.00. The van der Waals surface area contributed by atoms with Crippen molar-refractivity contribution in [1.29, 1.82) is 0 Å². The molecule has 0 radical (unpaired) electrons. The van der Waals surface area contributed by atoms with Crippen LogP contribution in [0.2, 0.25) is 0 Å². The summed E-state index contributed by atoms with van der Waals surface area (Å²) in [7, 11) is 0. The summed E-state index contributed by atoms with van der Waals surface area (Å²) in [6.07, 6.45) is 0.838. The summed E-state index contributed by atoms with van der Waals surface area (Å²) < 4.78 is 0. The second kappa shape index (κ2) is 3.34. The second-order valence-electron chi connectivity index (χ2n) is 2.48. The molecule has 1 fully saturated rings. The predicted molar refractivity (Wildman–Crippen MR) is 38.6 cm³/mol. The largest absolute Gasteiger partial charge is 0.368 e. The van der Waals surface area contributed by atoms with Crippen LogP contribution in [0, 0.1) is 0 Å². The molecular formula is C6H11N3O2. The van der Waals surface area contributed by atoms with Crippen LogP contribution in [0.1, 0.15) is 6.42 Å². The van der Waals surface area contributed by atoms with Gasteiger partial charge in [-0.1, -0.05) is 0 Å². The van der Waals surface area contributed by atoms with E-state index in [-0.39, 0.29) is 18.5 Å². The number of amides is 2. The van der Waals surface area contributed by atoms with E-state index in [4.69, 9.17) is 5.73 Å². The number of carbonyl (C=O) groups is 2. The third-order valence-electron chi connectivity index (χ3n) is 1.58. The van der Waals surface area contributed by atoms with Gasteiger partial charge >= 0.3 is 0 Å². The van der Waals surface area contributed by atoms with Gasteiger partial charge in [-0.3, -0.25) is 9.59 Å². The van der Waals surface area contributed by atoms with E-state index in [1.807, 2.05) is 0 Å². The molecule has 0 unspecified atom stereocenters. The molecule has 0 aromatic heterocycles. The minimum atomic E-state index is -0.516. The lowest BCUT2D eigenvalue weighted by molar-refractivity contribution is -0.127. The van der Waals surface area contributed by atoms with Crippen molar-refractivity contribution in [3.63, 3.8) is 0 Å². The summed E-state index contributed by atoms with van der Waals surface area (Å²) >= 11 is 0. The highest BCUT2D eigenvalue weighted by molar-refractivity contribution is 5.87. The molecule has 1 rings (SSSR count). The highest BCUT2D eigenvalue weighted by Crippen LogP contribution is 2.00. The molecule has 0 aliphatic carbocycles. The molecule has 1 aliphatic heterocycles. The quantitative estimate of drug-likeness (QED) is 0.441. The number of nitrogens with two attached hydrogens (primary N) is 1. The van der Waals surface area contributed by atoms with Gasteiger partial charge in [0.15, 0.2) is 0 Å². The van der Waals surface area contributed by atoms with Crippen molar-refractivity contribution >= 4 is 11.8 Å². The van der Waals surface area contributed by atoms with E-state index in [0.717, 1.165) is 13.0 Å². The third-order valence-corrected chi connectivity index (χ3v) is 1.58. The van der Waals surface area contributed by atoms with Crippen molar-refractivity contribution in [2.75, 3.05) is 13.1 Å². The van der Waals surface area contributed by atoms with E-state index in [0.29, 0.717) is 0 Å². The van der Waals surface area contributed by atoms with Crippen molar-refractivity contribution in [2.24, 2.45) is 5.73 Å². The first-order valence-corrected chi connectivity index (χ1v) is 3.49. The van der Waals surface area contributed by atoms with Crippen molar-refractivity contribution in [3.05, 3.63) is 0 Å². The van der Waals surface area contributed by atoms with Gasteiger partial charge in [0.25, 0.3) is 0 Å². The van der Waals surface area contributed by atoms with Crippen LogP contribution < -0.4 is 16.4 Å². The molecule has 1 atom stereocenters. The highest BCUT2D eigenvalue weighted by Gasteiger charge is 2.23. The summed E-state index contributed by atoms with van der Waals surface area (Å²) in [6, 6.07) is -0.116. The molecule has 1 heterocycles. The molecule has 0 bridgehead atoms. The Hall–Kier alpha value is -1.10. The maximum Gasteiger partial charge on any atom is 0.237 e. The lowest BCUT2D eigenvalue weighted by Crippen LogP contribution is -2.54. The van der Waals surface area contributed by atoms with Gasteiger partial charge in [0.2, 0.25) is 11.8 Å². The normalized spacial score (nSPS) is 22.0. The van der Waals surface area contributed by atoms with Gasteiger partial charge in [0.1, 0.15) is 0 Å². The average molecular weight is 157 g/mol. The minimum Gasteiger partial charge on any atom is -0.368 e. The maximum absolute atomic E-state index is 10.9. The number of hydrogen-bond acceptors (Lipinski definition) is 3. The van der Waals surface area contributed by atoms with E-state index in [1.165, 1.54) is 0 Å². The molecule has 0 spiro atoms. The molecule has 5 heteroatoms. The molecule has 2 amide bonds. The van der Waals surface area contributed by atoms with Crippen LogP contribution in [0.25, 0.3) is 0 Å². The molecule has 0 saturated carbocycles. The second-order valence-corrected chi connectivity index (χ2v) is 2.48. The molecule has 11 heavy (non-hydrogen) atoms. The minimum absolute atomic E-state index is 0.0724. The van der Waals surface area contributed by atoms with Crippen LogP contribution in [-0.2, 0) is 9.59 Å². The van der Waals surface area contributed by atoms with Gasteiger partial charge in [0.05, 0.1) is 12.6 Å². The van der Waals surface area contributed by atoms with Crippen molar-refractivity contribution in [2.45, 2.75) is 12.5 Å². The number of hydrogen-bond donors (Lipinski definition) is 3. The zero-order valence-electron chi connectivity index (χ0n) is 6.09. The average Bonchev–Trinajstić information content (AvgIpc) is 1.79. The fraction of sp³-hybridized carbons (Fsp3) is 0.667.